The van der Waals surface area contributed by atoms with Gasteiger partial charge in [0, 0.05) is 6.54 Å². The van der Waals surface area contributed by atoms with Crippen molar-refractivity contribution in [2.45, 2.75) is 25.3 Å². The normalized spacial score (nSPS) is 20.3. The zero-order valence-electron chi connectivity index (χ0n) is 13.5. The number of carbonyl (C=O) groups is 3. The van der Waals surface area contributed by atoms with Crippen LogP contribution in [0.2, 0.25) is 0 Å². The van der Waals surface area contributed by atoms with Gasteiger partial charge in [0.2, 0.25) is 11.8 Å². The fourth-order valence-corrected chi connectivity index (χ4v) is 3.67. The molecule has 0 radical (unpaired) electrons. The fourth-order valence-electron chi connectivity index (χ4n) is 2.75. The largest absolute Gasteiger partial charge is 0.465 e. The maximum absolute atomic E-state index is 12.5. The van der Waals surface area contributed by atoms with Gasteiger partial charge in [-0.3, -0.25) is 9.59 Å². The molecule has 3 rings (SSSR count). The van der Waals surface area contributed by atoms with Gasteiger partial charge in [-0.2, -0.15) is 0 Å². The number of rotatable bonds is 7. The summed E-state index contributed by atoms with van der Waals surface area (Å²) in [6.45, 7) is 1.56. The van der Waals surface area contributed by atoms with E-state index in [0.29, 0.717) is 29.4 Å². The van der Waals surface area contributed by atoms with Crippen molar-refractivity contribution >= 4 is 34.1 Å². The third-order valence-electron chi connectivity index (χ3n) is 4.25. The summed E-state index contributed by atoms with van der Waals surface area (Å²) in [5.41, 5.74) is 0.383. The summed E-state index contributed by atoms with van der Waals surface area (Å²) < 4.78 is 4.74. The van der Waals surface area contributed by atoms with Crippen molar-refractivity contribution < 1.29 is 19.1 Å². The molecule has 1 aromatic rings. The van der Waals surface area contributed by atoms with Crippen LogP contribution < -0.4 is 15.5 Å². The average Bonchev–Trinajstić information content (AvgIpc) is 3.15. The number of hydrogen-bond acceptors (Lipinski definition) is 6. The third kappa shape index (κ3) is 3.76. The minimum Gasteiger partial charge on any atom is -0.465 e. The van der Waals surface area contributed by atoms with Crippen LogP contribution in [0.5, 0.6) is 0 Å². The van der Waals surface area contributed by atoms with E-state index in [-0.39, 0.29) is 18.4 Å². The standard InChI is InChI=1S/C16H21N3O4S/c1-23-16(22)11-5-7-24-15(11)19-6-4-12(14(19)21)18-13(20)9-17-8-10-2-3-10/h5,7,10,12,17H,2-4,6,8-9H2,1H3,(H,18,20). The van der Waals surface area contributed by atoms with Crippen molar-refractivity contribution in [3.8, 4) is 0 Å². The Hall–Kier alpha value is -1.93. The SMILES string of the molecule is COC(=O)c1ccsc1N1CCC(NC(=O)CNCC2CC2)C1=O. The predicted molar refractivity (Wildman–Crippen MR) is 90.2 cm³/mol. The van der Waals surface area contributed by atoms with Gasteiger partial charge in [-0.15, -0.1) is 11.3 Å². The summed E-state index contributed by atoms with van der Waals surface area (Å²) in [7, 11) is 1.31. The monoisotopic (exact) mass is 351 g/mol. The lowest BCUT2D eigenvalue weighted by atomic mass is 10.2. The molecule has 2 N–H and O–H groups in total. The number of nitrogens with zero attached hydrogens (tertiary/aromatic N) is 1. The van der Waals surface area contributed by atoms with Crippen LogP contribution in [0, 0.1) is 5.92 Å². The minimum absolute atomic E-state index is 0.171. The number of nitrogens with one attached hydrogen (secondary N) is 2. The summed E-state index contributed by atoms with van der Waals surface area (Å²) in [5, 5.41) is 8.22. The molecule has 2 fully saturated rings. The Kier molecular flexibility index (Phi) is 5.15. The molecule has 1 aliphatic heterocycles. The van der Waals surface area contributed by atoms with E-state index >= 15 is 0 Å². The van der Waals surface area contributed by atoms with Gasteiger partial charge in [-0.1, -0.05) is 0 Å². The lowest BCUT2D eigenvalue weighted by molar-refractivity contribution is -0.125. The summed E-state index contributed by atoms with van der Waals surface area (Å²) in [6.07, 6.45) is 2.99. The van der Waals surface area contributed by atoms with Gasteiger partial charge < -0.3 is 20.3 Å². The number of methoxy groups -OCH3 is 1. The highest BCUT2D eigenvalue weighted by Crippen LogP contribution is 2.31. The molecule has 2 heterocycles. The van der Waals surface area contributed by atoms with Crippen molar-refractivity contribution in [2.24, 2.45) is 5.92 Å². The number of ether oxygens (including phenoxy) is 1. The highest BCUT2D eigenvalue weighted by atomic mass is 32.1. The maximum atomic E-state index is 12.5. The van der Waals surface area contributed by atoms with Gasteiger partial charge in [0.25, 0.3) is 0 Å². The first-order valence-corrected chi connectivity index (χ1v) is 8.95. The van der Waals surface area contributed by atoms with E-state index in [1.165, 1.54) is 31.3 Å². The molecular formula is C16H21N3O4S. The highest BCUT2D eigenvalue weighted by molar-refractivity contribution is 7.14. The van der Waals surface area contributed by atoms with Crippen molar-refractivity contribution in [1.29, 1.82) is 0 Å². The first-order chi connectivity index (χ1) is 11.6. The van der Waals surface area contributed by atoms with Crippen LogP contribution in [0.15, 0.2) is 11.4 Å². The van der Waals surface area contributed by atoms with Gasteiger partial charge in [0.15, 0.2) is 0 Å². The Morgan fingerprint density at radius 1 is 1.38 bits per heavy atom. The Morgan fingerprint density at radius 2 is 2.17 bits per heavy atom. The van der Waals surface area contributed by atoms with E-state index in [9.17, 15) is 14.4 Å². The van der Waals surface area contributed by atoms with Crippen LogP contribution in [0.4, 0.5) is 5.00 Å². The molecule has 1 saturated carbocycles. The second kappa shape index (κ2) is 7.31. The van der Waals surface area contributed by atoms with E-state index < -0.39 is 12.0 Å². The molecule has 2 amide bonds. The molecule has 0 spiro atoms. The first kappa shape index (κ1) is 16.9. The molecule has 130 valence electrons. The molecule has 24 heavy (non-hydrogen) atoms. The van der Waals surface area contributed by atoms with Crippen LogP contribution in [-0.2, 0) is 14.3 Å². The molecular weight excluding hydrogens is 330 g/mol. The minimum atomic E-state index is -0.534. The maximum Gasteiger partial charge on any atom is 0.340 e. The quantitative estimate of drug-likeness (QED) is 0.708. The topological polar surface area (TPSA) is 87.7 Å². The van der Waals surface area contributed by atoms with Gasteiger partial charge in [-0.05, 0) is 43.2 Å². The van der Waals surface area contributed by atoms with Crippen LogP contribution in [0.1, 0.15) is 29.6 Å². The summed E-state index contributed by atoms with van der Waals surface area (Å²) >= 11 is 1.32. The third-order valence-corrected chi connectivity index (χ3v) is 5.19. The van der Waals surface area contributed by atoms with Crippen LogP contribution >= 0.6 is 11.3 Å². The van der Waals surface area contributed by atoms with Crippen molar-refractivity contribution in [2.75, 3.05) is 31.6 Å². The van der Waals surface area contributed by atoms with Crippen molar-refractivity contribution in [3.63, 3.8) is 0 Å². The number of carbonyl (C=O) groups excluding carboxylic acids is 3. The lowest BCUT2D eigenvalue weighted by Crippen LogP contribution is -2.45. The van der Waals surface area contributed by atoms with E-state index in [4.69, 9.17) is 4.74 Å². The molecule has 1 saturated heterocycles. The molecule has 1 unspecified atom stereocenters. The number of hydrogen-bond donors (Lipinski definition) is 2. The van der Waals surface area contributed by atoms with Gasteiger partial charge in [0.05, 0.1) is 19.2 Å². The van der Waals surface area contributed by atoms with Gasteiger partial charge in [0.1, 0.15) is 11.0 Å². The van der Waals surface area contributed by atoms with Crippen molar-refractivity contribution in [3.05, 3.63) is 17.0 Å². The molecule has 0 aromatic carbocycles. The average molecular weight is 351 g/mol. The van der Waals surface area contributed by atoms with Crippen LogP contribution in [0.3, 0.4) is 0 Å². The molecule has 7 nitrogen and oxygen atoms in total. The zero-order valence-corrected chi connectivity index (χ0v) is 14.4. The number of esters is 1. The predicted octanol–water partition coefficient (Wildman–Crippen LogP) is 0.756. The van der Waals surface area contributed by atoms with Crippen molar-refractivity contribution in [1.82, 2.24) is 10.6 Å². The number of anilines is 1. The fraction of sp³-hybridized carbons (Fsp3) is 0.562. The smallest absolute Gasteiger partial charge is 0.340 e. The lowest BCUT2D eigenvalue weighted by Gasteiger charge is -2.17. The Labute approximate surface area is 144 Å². The number of thiophene rings is 1. The molecule has 1 aromatic heterocycles. The summed E-state index contributed by atoms with van der Waals surface area (Å²) in [5.74, 6) is -0.110. The van der Waals surface area contributed by atoms with Crippen LogP contribution in [-0.4, -0.2) is 50.6 Å². The van der Waals surface area contributed by atoms with E-state index in [2.05, 4.69) is 10.6 Å². The zero-order chi connectivity index (χ0) is 17.1. The molecule has 0 bridgehead atoms. The highest BCUT2D eigenvalue weighted by Gasteiger charge is 2.36. The second-order valence-corrected chi connectivity index (χ2v) is 7.00. The van der Waals surface area contributed by atoms with Gasteiger partial charge in [-0.25, -0.2) is 4.79 Å². The van der Waals surface area contributed by atoms with E-state index in [1.54, 1.807) is 16.3 Å². The molecule has 8 heteroatoms. The molecule has 1 atom stereocenters. The Morgan fingerprint density at radius 3 is 2.88 bits per heavy atom. The Balaban J connectivity index is 1.55. The molecule has 1 aliphatic carbocycles. The second-order valence-electron chi connectivity index (χ2n) is 6.10. The molecule has 2 aliphatic rings. The Bertz CT molecular complexity index is 641. The summed E-state index contributed by atoms with van der Waals surface area (Å²) in [6, 6.07) is 1.11. The van der Waals surface area contributed by atoms with E-state index in [1.807, 2.05) is 0 Å². The van der Waals surface area contributed by atoms with Crippen LogP contribution in [0.25, 0.3) is 0 Å². The van der Waals surface area contributed by atoms with E-state index in [0.717, 1.165) is 6.54 Å². The number of amides is 2. The summed E-state index contributed by atoms with van der Waals surface area (Å²) in [4.78, 5) is 37.8. The van der Waals surface area contributed by atoms with Gasteiger partial charge >= 0.3 is 5.97 Å². The first-order valence-electron chi connectivity index (χ1n) is 8.07.